The maximum atomic E-state index is 12.9. The number of carbonyl (C=O) groups is 2. The largest absolute Gasteiger partial charge is 0.378 e. The van der Waals surface area contributed by atoms with Crippen LogP contribution in [0.4, 0.5) is 0 Å². The number of carbonyl (C=O) groups excluding carboxylic acids is 2. The molecule has 1 saturated carbocycles. The van der Waals surface area contributed by atoms with Crippen LogP contribution >= 0.6 is 12.4 Å². The lowest BCUT2D eigenvalue weighted by Gasteiger charge is -2.36. The Balaban J connectivity index is 0.00000182. The van der Waals surface area contributed by atoms with E-state index in [4.69, 9.17) is 4.74 Å². The normalized spacial score (nSPS) is 31.4. The van der Waals surface area contributed by atoms with E-state index in [0.29, 0.717) is 38.8 Å². The van der Waals surface area contributed by atoms with Gasteiger partial charge in [0.2, 0.25) is 11.8 Å². The van der Waals surface area contributed by atoms with Crippen LogP contribution in [-0.2, 0) is 14.3 Å². The van der Waals surface area contributed by atoms with Gasteiger partial charge in [-0.25, -0.2) is 0 Å². The molecule has 6 nitrogen and oxygen atoms in total. The maximum absolute atomic E-state index is 12.9. The first-order chi connectivity index (χ1) is 11.7. The third kappa shape index (κ3) is 3.81. The summed E-state index contributed by atoms with van der Waals surface area (Å²) >= 11 is 0. The molecule has 2 amide bonds. The van der Waals surface area contributed by atoms with Gasteiger partial charge in [-0.2, -0.15) is 0 Å². The third-order valence-electron chi connectivity index (χ3n) is 6.49. The molecule has 1 aliphatic carbocycles. The van der Waals surface area contributed by atoms with Crippen LogP contribution in [0, 0.1) is 17.3 Å². The van der Waals surface area contributed by atoms with Crippen LogP contribution in [0.15, 0.2) is 0 Å². The number of hydrogen-bond donors (Lipinski definition) is 1. The summed E-state index contributed by atoms with van der Waals surface area (Å²) < 4.78 is 5.34. The van der Waals surface area contributed by atoms with Crippen molar-refractivity contribution < 1.29 is 14.3 Å². The minimum atomic E-state index is -0.0106. The maximum Gasteiger partial charge on any atom is 0.227 e. The fourth-order valence-corrected chi connectivity index (χ4v) is 4.82. The van der Waals surface area contributed by atoms with Crippen molar-refractivity contribution in [2.24, 2.45) is 17.3 Å². The van der Waals surface area contributed by atoms with Crippen LogP contribution in [-0.4, -0.2) is 74.1 Å². The van der Waals surface area contributed by atoms with Crippen LogP contribution in [0.2, 0.25) is 0 Å². The number of nitrogens with one attached hydrogen (secondary N) is 1. The van der Waals surface area contributed by atoms with Gasteiger partial charge in [0.05, 0.1) is 19.1 Å². The molecule has 3 saturated heterocycles. The van der Waals surface area contributed by atoms with Crippen molar-refractivity contribution in [3.05, 3.63) is 0 Å². The summed E-state index contributed by atoms with van der Waals surface area (Å²) in [5.74, 6) is 0.750. The molecule has 0 aromatic carbocycles. The van der Waals surface area contributed by atoms with Gasteiger partial charge >= 0.3 is 0 Å². The SMILES string of the molecule is Cl.O=C(C1CCCN(C(=O)C2CC23CCNCC3)C1)N1CCOCC1. The number of morpholine rings is 1. The number of hydrogen-bond acceptors (Lipinski definition) is 4. The minimum Gasteiger partial charge on any atom is -0.378 e. The Morgan fingerprint density at radius 3 is 2.44 bits per heavy atom. The molecule has 0 aromatic heterocycles. The van der Waals surface area contributed by atoms with Gasteiger partial charge in [0, 0.05) is 32.1 Å². The van der Waals surface area contributed by atoms with Crippen LogP contribution in [0.5, 0.6) is 0 Å². The molecular weight excluding hydrogens is 342 g/mol. The predicted molar refractivity (Wildman–Crippen MR) is 96.6 cm³/mol. The van der Waals surface area contributed by atoms with E-state index in [1.807, 2.05) is 9.80 Å². The molecular formula is C18H30ClN3O3. The van der Waals surface area contributed by atoms with Gasteiger partial charge in [-0.1, -0.05) is 0 Å². The van der Waals surface area contributed by atoms with E-state index >= 15 is 0 Å². The molecule has 4 fully saturated rings. The highest BCUT2D eigenvalue weighted by Gasteiger charge is 2.58. The molecule has 1 spiro atoms. The van der Waals surface area contributed by atoms with E-state index in [2.05, 4.69) is 5.32 Å². The highest BCUT2D eigenvalue weighted by Crippen LogP contribution is 2.59. The molecule has 4 rings (SSSR count). The molecule has 2 atom stereocenters. The third-order valence-corrected chi connectivity index (χ3v) is 6.49. The highest BCUT2D eigenvalue weighted by molar-refractivity contribution is 5.85. The lowest BCUT2D eigenvalue weighted by molar-refractivity contribution is -0.144. The highest BCUT2D eigenvalue weighted by atomic mass is 35.5. The molecule has 1 N–H and O–H groups in total. The van der Waals surface area contributed by atoms with Crippen molar-refractivity contribution in [2.45, 2.75) is 32.1 Å². The van der Waals surface area contributed by atoms with Gasteiger partial charge in [0.25, 0.3) is 0 Å². The molecule has 7 heteroatoms. The first-order valence-corrected chi connectivity index (χ1v) is 9.56. The van der Waals surface area contributed by atoms with E-state index in [1.165, 1.54) is 0 Å². The molecule has 25 heavy (non-hydrogen) atoms. The lowest BCUT2D eigenvalue weighted by atomic mass is 9.90. The molecule has 2 unspecified atom stereocenters. The second-order valence-corrected chi connectivity index (χ2v) is 7.93. The summed E-state index contributed by atoms with van der Waals surface area (Å²) in [7, 11) is 0. The van der Waals surface area contributed by atoms with Gasteiger partial charge in [-0.05, 0) is 50.6 Å². The van der Waals surface area contributed by atoms with Crippen LogP contribution < -0.4 is 5.32 Å². The molecule has 142 valence electrons. The number of ether oxygens (including phenoxy) is 1. The van der Waals surface area contributed by atoms with E-state index in [1.54, 1.807) is 0 Å². The Bertz CT molecular complexity index is 504. The van der Waals surface area contributed by atoms with E-state index in [0.717, 1.165) is 51.7 Å². The van der Waals surface area contributed by atoms with E-state index in [9.17, 15) is 9.59 Å². The molecule has 3 heterocycles. The average Bonchev–Trinajstić information content (AvgIpc) is 3.34. The van der Waals surface area contributed by atoms with Gasteiger partial charge < -0.3 is 19.9 Å². The predicted octanol–water partition coefficient (Wildman–Crippen LogP) is 0.895. The summed E-state index contributed by atoms with van der Waals surface area (Å²) in [5.41, 5.74) is 0.281. The van der Waals surface area contributed by atoms with Gasteiger partial charge in [-0.15, -0.1) is 12.4 Å². The fraction of sp³-hybridized carbons (Fsp3) is 0.889. The monoisotopic (exact) mass is 371 g/mol. The second kappa shape index (κ2) is 7.80. The number of rotatable bonds is 2. The Morgan fingerprint density at radius 1 is 1.00 bits per heavy atom. The summed E-state index contributed by atoms with van der Waals surface area (Å²) in [5, 5.41) is 3.39. The second-order valence-electron chi connectivity index (χ2n) is 7.93. The Hall–Kier alpha value is -0.850. The molecule has 0 bridgehead atoms. The van der Waals surface area contributed by atoms with Crippen molar-refractivity contribution in [1.29, 1.82) is 0 Å². The summed E-state index contributed by atoms with van der Waals surface area (Å²) in [6.07, 6.45) is 5.19. The first kappa shape index (κ1) is 18.9. The van der Waals surface area contributed by atoms with Crippen molar-refractivity contribution in [2.75, 3.05) is 52.5 Å². The molecule has 0 radical (unpaired) electrons. The van der Waals surface area contributed by atoms with Gasteiger partial charge in [0.15, 0.2) is 0 Å². The van der Waals surface area contributed by atoms with Gasteiger partial charge in [-0.3, -0.25) is 9.59 Å². The van der Waals surface area contributed by atoms with Crippen LogP contribution in [0.1, 0.15) is 32.1 Å². The zero-order valence-corrected chi connectivity index (χ0v) is 15.7. The van der Waals surface area contributed by atoms with Crippen molar-refractivity contribution in [3.8, 4) is 0 Å². The zero-order chi connectivity index (χ0) is 16.6. The quantitative estimate of drug-likeness (QED) is 0.783. The Kier molecular flexibility index (Phi) is 5.91. The minimum absolute atomic E-state index is 0. The van der Waals surface area contributed by atoms with Crippen molar-refractivity contribution in [3.63, 3.8) is 0 Å². The zero-order valence-electron chi connectivity index (χ0n) is 14.9. The number of halogens is 1. The van der Waals surface area contributed by atoms with Crippen molar-refractivity contribution in [1.82, 2.24) is 15.1 Å². The lowest BCUT2D eigenvalue weighted by Crippen LogP contribution is -2.50. The average molecular weight is 372 g/mol. The summed E-state index contributed by atoms with van der Waals surface area (Å²) in [6, 6.07) is 0. The number of nitrogens with zero attached hydrogens (tertiary/aromatic N) is 2. The van der Waals surface area contributed by atoms with Gasteiger partial charge in [0.1, 0.15) is 0 Å². The van der Waals surface area contributed by atoms with Crippen LogP contribution in [0.3, 0.4) is 0 Å². The number of likely N-dealkylation sites (tertiary alicyclic amines) is 1. The Morgan fingerprint density at radius 2 is 1.72 bits per heavy atom. The topological polar surface area (TPSA) is 61.9 Å². The smallest absolute Gasteiger partial charge is 0.227 e. The van der Waals surface area contributed by atoms with Crippen molar-refractivity contribution >= 4 is 24.2 Å². The molecule has 4 aliphatic rings. The van der Waals surface area contributed by atoms with Crippen LogP contribution in [0.25, 0.3) is 0 Å². The summed E-state index contributed by atoms with van der Waals surface area (Å²) in [6.45, 7) is 6.21. The standard InChI is InChI=1S/C18H29N3O3.ClH/c22-16(20-8-10-24-11-9-20)14-2-1-7-21(13-14)17(23)15-12-18(15)3-5-19-6-4-18;/h14-15,19H,1-13H2;1H. The van der Waals surface area contributed by atoms with E-state index in [-0.39, 0.29) is 35.6 Å². The van der Waals surface area contributed by atoms with E-state index < -0.39 is 0 Å². The first-order valence-electron chi connectivity index (χ1n) is 9.56. The number of piperidine rings is 2. The fourth-order valence-electron chi connectivity index (χ4n) is 4.82. The summed E-state index contributed by atoms with van der Waals surface area (Å²) in [4.78, 5) is 29.6. The number of amides is 2. The molecule has 0 aromatic rings. The Labute approximate surface area is 156 Å². The molecule has 3 aliphatic heterocycles.